The monoisotopic (exact) mass is 519 g/mol. The van der Waals surface area contributed by atoms with Gasteiger partial charge < -0.3 is 5.32 Å². The highest BCUT2D eigenvalue weighted by molar-refractivity contribution is 6.48. The Labute approximate surface area is 205 Å². The zero-order valence-corrected chi connectivity index (χ0v) is 20.5. The van der Waals surface area contributed by atoms with Crippen LogP contribution in [0.2, 0.25) is 15.1 Å². The third-order valence-corrected chi connectivity index (χ3v) is 6.24. The highest BCUT2D eigenvalue weighted by Crippen LogP contribution is 2.41. The van der Waals surface area contributed by atoms with Gasteiger partial charge in [-0.15, -0.1) is 0 Å². The molecule has 0 radical (unpaired) electrons. The first-order valence-corrected chi connectivity index (χ1v) is 11.3. The summed E-state index contributed by atoms with van der Waals surface area (Å²) in [6.45, 7) is 5.64. The summed E-state index contributed by atoms with van der Waals surface area (Å²) >= 11 is 17.7. The van der Waals surface area contributed by atoms with Crippen molar-refractivity contribution >= 4 is 52.6 Å². The van der Waals surface area contributed by atoms with Gasteiger partial charge in [0.2, 0.25) is 5.91 Å². The first-order valence-electron chi connectivity index (χ1n) is 10.2. The molecule has 0 heterocycles. The first-order chi connectivity index (χ1) is 15.3. The molecule has 1 unspecified atom stereocenters. The van der Waals surface area contributed by atoms with Crippen molar-refractivity contribution in [1.29, 1.82) is 0 Å². The Morgan fingerprint density at radius 2 is 1.70 bits per heavy atom. The number of ketones is 1. The van der Waals surface area contributed by atoms with Crippen LogP contribution in [-0.4, -0.2) is 24.4 Å². The summed E-state index contributed by atoms with van der Waals surface area (Å²) in [6, 6.07) is 7.02. The average Bonchev–Trinajstić information content (AvgIpc) is 2.71. The second-order valence-corrected chi connectivity index (χ2v) is 8.87. The number of Topliss-reactive ketones (excluding diaryl/α,β-unsaturated/α-hetero) is 1. The Bertz CT molecular complexity index is 1040. The molecule has 2 rings (SSSR count). The Morgan fingerprint density at radius 1 is 1.09 bits per heavy atom. The molecule has 0 aliphatic heterocycles. The molecule has 0 bridgehead atoms. The van der Waals surface area contributed by atoms with Crippen molar-refractivity contribution < 1.29 is 22.8 Å². The van der Waals surface area contributed by atoms with Crippen LogP contribution in [-0.2, 0) is 4.79 Å². The Kier molecular flexibility index (Phi) is 9.41. The van der Waals surface area contributed by atoms with Crippen LogP contribution >= 0.6 is 34.8 Å². The van der Waals surface area contributed by atoms with Crippen molar-refractivity contribution in [1.82, 2.24) is 5.32 Å². The number of rotatable bonds is 8. The largest absolute Gasteiger partial charge is 0.399 e. The number of allylic oxidation sites excluding steroid dienone is 1. The van der Waals surface area contributed by atoms with Crippen LogP contribution in [0.1, 0.15) is 53.2 Å². The van der Waals surface area contributed by atoms with E-state index < -0.39 is 18.0 Å². The van der Waals surface area contributed by atoms with E-state index in [4.69, 9.17) is 34.8 Å². The van der Waals surface area contributed by atoms with Crippen LogP contribution in [0.3, 0.4) is 0 Å². The molecular weight excluding hydrogens is 498 g/mol. The number of nitrogens with one attached hydrogen (secondary N) is 1. The molecular formula is C24H23Cl3F3NO2. The minimum absolute atomic E-state index is 0.00985. The molecule has 0 aromatic heterocycles. The highest BCUT2D eigenvalue weighted by Gasteiger charge is 2.39. The number of hydrogen-bond acceptors (Lipinski definition) is 2. The molecule has 0 saturated carbocycles. The molecule has 0 fully saturated rings. The molecule has 3 nitrogen and oxygen atoms in total. The maximum Gasteiger partial charge on any atom is 0.399 e. The highest BCUT2D eigenvalue weighted by atomic mass is 35.5. The maximum atomic E-state index is 13.7. The molecule has 2 aromatic rings. The third kappa shape index (κ3) is 7.23. The SMILES string of the molecule is CCNC(=O)[C@@H](C)CC(=O)c1ccc(/C=C/C(c2cc(Cl)c(Cl)c(Cl)c2)C(F)(F)F)cc1C. The van der Waals surface area contributed by atoms with Crippen LogP contribution in [0.25, 0.3) is 6.08 Å². The third-order valence-electron chi connectivity index (χ3n) is 5.04. The van der Waals surface area contributed by atoms with E-state index >= 15 is 0 Å². The van der Waals surface area contributed by atoms with E-state index in [9.17, 15) is 22.8 Å². The van der Waals surface area contributed by atoms with E-state index in [1.165, 1.54) is 6.08 Å². The fourth-order valence-corrected chi connectivity index (χ4v) is 3.92. The normalized spacial score (nSPS) is 13.7. The predicted octanol–water partition coefficient (Wildman–Crippen LogP) is 7.66. The van der Waals surface area contributed by atoms with Crippen LogP contribution in [0.4, 0.5) is 13.2 Å². The molecule has 178 valence electrons. The summed E-state index contributed by atoms with van der Waals surface area (Å²) in [7, 11) is 0. The van der Waals surface area contributed by atoms with E-state index in [2.05, 4.69) is 5.32 Å². The van der Waals surface area contributed by atoms with E-state index in [-0.39, 0.29) is 38.7 Å². The number of amides is 1. The number of aryl methyl sites for hydroxylation is 1. The number of carbonyl (C=O) groups excluding carboxylic acids is 2. The number of alkyl halides is 3. The summed E-state index contributed by atoms with van der Waals surface area (Å²) < 4.78 is 41.1. The van der Waals surface area contributed by atoms with Crippen LogP contribution in [0.5, 0.6) is 0 Å². The van der Waals surface area contributed by atoms with E-state index in [0.29, 0.717) is 23.2 Å². The number of carbonyl (C=O) groups is 2. The molecule has 33 heavy (non-hydrogen) atoms. The molecule has 9 heteroatoms. The smallest absolute Gasteiger partial charge is 0.356 e. The van der Waals surface area contributed by atoms with Crippen molar-refractivity contribution in [2.24, 2.45) is 5.92 Å². The molecule has 1 amide bonds. The number of benzene rings is 2. The Balaban J connectivity index is 2.27. The molecule has 0 aliphatic rings. The van der Waals surface area contributed by atoms with Crippen molar-refractivity contribution in [3.8, 4) is 0 Å². The standard InChI is InChI=1S/C24H23Cl3F3NO2/c1-4-31-23(33)14(3)10-21(32)17-7-5-15(9-13(17)2)6-8-18(24(28,29)30)16-11-19(25)22(27)20(26)12-16/h5-9,11-12,14,18H,4,10H2,1-3H3,(H,31,33)/b8-6+/t14-,18?/m0/s1. The van der Waals surface area contributed by atoms with Gasteiger partial charge in [-0.2, -0.15) is 13.2 Å². The first kappa shape index (κ1) is 27.2. The molecule has 0 aliphatic carbocycles. The molecule has 2 aromatic carbocycles. The van der Waals surface area contributed by atoms with Gasteiger partial charge in [0.15, 0.2) is 5.78 Å². The van der Waals surface area contributed by atoms with Crippen molar-refractivity contribution in [3.63, 3.8) is 0 Å². The number of halogens is 6. The van der Waals surface area contributed by atoms with Crippen LogP contribution < -0.4 is 5.32 Å². The minimum Gasteiger partial charge on any atom is -0.356 e. The summed E-state index contributed by atoms with van der Waals surface area (Å²) in [5, 5.41) is 2.53. The fraction of sp³-hybridized carbons (Fsp3) is 0.333. The van der Waals surface area contributed by atoms with Gasteiger partial charge in [0.25, 0.3) is 0 Å². The predicted molar refractivity (Wildman–Crippen MR) is 127 cm³/mol. The van der Waals surface area contributed by atoms with Gasteiger partial charge in [0, 0.05) is 24.4 Å². The number of hydrogen-bond donors (Lipinski definition) is 1. The van der Waals surface area contributed by atoms with Gasteiger partial charge in [-0.05, 0) is 42.7 Å². The molecule has 0 spiro atoms. The van der Waals surface area contributed by atoms with Crippen LogP contribution in [0, 0.1) is 12.8 Å². The van der Waals surface area contributed by atoms with Gasteiger partial charge in [0.1, 0.15) is 0 Å². The minimum atomic E-state index is -4.59. The molecule has 2 atom stereocenters. The quantitative estimate of drug-likeness (QED) is 0.287. The van der Waals surface area contributed by atoms with E-state index in [1.54, 1.807) is 39.0 Å². The van der Waals surface area contributed by atoms with Gasteiger partial charge in [-0.25, -0.2) is 0 Å². The fourth-order valence-electron chi connectivity index (χ4n) is 3.30. The summed E-state index contributed by atoms with van der Waals surface area (Å²) in [4.78, 5) is 24.5. The summed E-state index contributed by atoms with van der Waals surface area (Å²) in [5.41, 5.74) is 1.38. The van der Waals surface area contributed by atoms with E-state index in [0.717, 1.165) is 18.2 Å². The lowest BCUT2D eigenvalue weighted by atomic mass is 9.94. The van der Waals surface area contributed by atoms with Gasteiger partial charge in [0.05, 0.1) is 21.0 Å². The summed E-state index contributed by atoms with van der Waals surface area (Å²) in [6.07, 6.45) is -2.22. The zero-order chi connectivity index (χ0) is 24.9. The lowest BCUT2D eigenvalue weighted by molar-refractivity contribution is -0.139. The lowest BCUT2D eigenvalue weighted by Crippen LogP contribution is -2.30. The van der Waals surface area contributed by atoms with Crippen molar-refractivity contribution in [2.45, 2.75) is 39.3 Å². The second kappa shape index (κ2) is 11.4. The van der Waals surface area contributed by atoms with Gasteiger partial charge in [-0.3, -0.25) is 9.59 Å². The Hall–Kier alpha value is -2.02. The topological polar surface area (TPSA) is 46.2 Å². The Morgan fingerprint density at radius 3 is 2.21 bits per heavy atom. The van der Waals surface area contributed by atoms with Crippen molar-refractivity contribution in [2.75, 3.05) is 6.54 Å². The van der Waals surface area contributed by atoms with Gasteiger partial charge in [-0.1, -0.05) is 72.1 Å². The van der Waals surface area contributed by atoms with E-state index in [1.807, 2.05) is 0 Å². The zero-order valence-electron chi connectivity index (χ0n) is 18.2. The molecule has 0 saturated heterocycles. The van der Waals surface area contributed by atoms with Crippen LogP contribution in [0.15, 0.2) is 36.4 Å². The second-order valence-electron chi connectivity index (χ2n) is 7.67. The molecule has 1 N–H and O–H groups in total. The lowest BCUT2D eigenvalue weighted by Gasteiger charge is -2.18. The summed E-state index contributed by atoms with van der Waals surface area (Å²) in [5.74, 6) is -2.85. The maximum absolute atomic E-state index is 13.7. The average molecular weight is 521 g/mol. The van der Waals surface area contributed by atoms with Gasteiger partial charge >= 0.3 is 6.18 Å². The van der Waals surface area contributed by atoms with Crippen molar-refractivity contribution in [3.05, 3.63) is 73.7 Å².